The number of halogens is 3. The monoisotopic (exact) mass is 191 g/mol. The minimum absolute atomic E-state index is 0.269. The van der Waals surface area contributed by atoms with E-state index in [0.717, 1.165) is 12.1 Å². The molecule has 0 atom stereocenters. The van der Waals surface area contributed by atoms with Crippen molar-refractivity contribution in [1.29, 1.82) is 0 Å². The molecule has 0 aliphatic heterocycles. The summed E-state index contributed by atoms with van der Waals surface area (Å²) >= 11 is 0. The van der Waals surface area contributed by atoms with Crippen LogP contribution < -0.4 is 5.73 Å². The molecule has 0 fully saturated rings. The van der Waals surface area contributed by atoms with Crippen molar-refractivity contribution in [2.75, 3.05) is 0 Å². The number of phenolic OH excluding ortho intramolecular Hbond substituents is 1. The van der Waals surface area contributed by atoms with E-state index in [1.807, 2.05) is 0 Å². The van der Waals surface area contributed by atoms with Crippen LogP contribution >= 0.6 is 0 Å². The first kappa shape index (κ1) is 9.85. The molecule has 0 saturated carbocycles. The van der Waals surface area contributed by atoms with Crippen LogP contribution in [0.5, 0.6) is 5.75 Å². The normalized spacial score (nSPS) is 11.7. The summed E-state index contributed by atoms with van der Waals surface area (Å²) in [5.41, 5.74) is 3.94. The second kappa shape index (κ2) is 3.26. The molecular formula is C8H8F3NO. The van der Waals surface area contributed by atoms with Gasteiger partial charge in [-0.3, -0.25) is 0 Å². The van der Waals surface area contributed by atoms with Crippen LogP contribution in [0.2, 0.25) is 0 Å². The number of benzene rings is 1. The Hall–Kier alpha value is -1.23. The molecule has 2 nitrogen and oxygen atoms in total. The topological polar surface area (TPSA) is 46.2 Å². The molecule has 0 bridgehead atoms. The number of aromatic hydroxyl groups is 1. The van der Waals surface area contributed by atoms with Crippen molar-refractivity contribution in [3.05, 3.63) is 29.3 Å². The lowest BCUT2D eigenvalue weighted by Crippen LogP contribution is -2.11. The number of alkyl halides is 3. The van der Waals surface area contributed by atoms with Crippen LogP contribution in [-0.4, -0.2) is 5.11 Å². The van der Waals surface area contributed by atoms with E-state index in [-0.39, 0.29) is 12.1 Å². The summed E-state index contributed by atoms with van der Waals surface area (Å²) in [6.07, 6.45) is -4.46. The first-order chi connectivity index (χ1) is 5.96. The van der Waals surface area contributed by atoms with Gasteiger partial charge in [0.25, 0.3) is 0 Å². The molecular weight excluding hydrogens is 183 g/mol. The van der Waals surface area contributed by atoms with Gasteiger partial charge < -0.3 is 10.8 Å². The van der Waals surface area contributed by atoms with Crippen molar-refractivity contribution >= 4 is 0 Å². The molecule has 0 aliphatic carbocycles. The van der Waals surface area contributed by atoms with E-state index in [4.69, 9.17) is 10.8 Å². The van der Waals surface area contributed by atoms with Crippen molar-refractivity contribution in [3.63, 3.8) is 0 Å². The molecule has 1 rings (SSSR count). The summed E-state index contributed by atoms with van der Waals surface area (Å²) < 4.78 is 36.7. The van der Waals surface area contributed by atoms with E-state index in [1.165, 1.54) is 6.07 Å². The van der Waals surface area contributed by atoms with Crippen LogP contribution in [0.1, 0.15) is 11.1 Å². The van der Waals surface area contributed by atoms with Gasteiger partial charge in [0.05, 0.1) is 5.56 Å². The van der Waals surface area contributed by atoms with E-state index < -0.39 is 17.5 Å². The Labute approximate surface area is 72.8 Å². The molecule has 0 unspecified atom stereocenters. The number of rotatable bonds is 1. The van der Waals surface area contributed by atoms with Crippen molar-refractivity contribution in [2.24, 2.45) is 5.73 Å². The van der Waals surface area contributed by atoms with Gasteiger partial charge >= 0.3 is 6.18 Å². The summed E-state index contributed by atoms with van der Waals surface area (Å²) in [6.45, 7) is -0.332. The maximum atomic E-state index is 12.2. The zero-order chi connectivity index (χ0) is 10.1. The predicted molar refractivity (Wildman–Crippen MR) is 41.0 cm³/mol. The van der Waals surface area contributed by atoms with Crippen LogP contribution in [0.15, 0.2) is 18.2 Å². The minimum Gasteiger partial charge on any atom is -0.508 e. The van der Waals surface area contributed by atoms with Crippen molar-refractivity contribution in [2.45, 2.75) is 12.7 Å². The van der Waals surface area contributed by atoms with Gasteiger partial charge in [0, 0.05) is 12.1 Å². The summed E-state index contributed by atoms with van der Waals surface area (Å²) in [4.78, 5) is 0. The summed E-state index contributed by atoms with van der Waals surface area (Å²) in [5, 5.41) is 9.07. The van der Waals surface area contributed by atoms with Gasteiger partial charge in [-0.25, -0.2) is 0 Å². The molecule has 0 aliphatic rings. The fraction of sp³-hybridized carbons (Fsp3) is 0.250. The molecule has 1 aromatic carbocycles. The fourth-order valence-corrected chi connectivity index (χ4v) is 1.05. The Kier molecular flexibility index (Phi) is 2.47. The first-order valence-electron chi connectivity index (χ1n) is 3.55. The highest BCUT2D eigenvalue weighted by molar-refractivity contribution is 5.40. The molecule has 0 saturated heterocycles. The molecule has 72 valence electrons. The van der Waals surface area contributed by atoms with E-state index >= 15 is 0 Å². The van der Waals surface area contributed by atoms with Crippen LogP contribution in [0.3, 0.4) is 0 Å². The van der Waals surface area contributed by atoms with Crippen LogP contribution in [0.25, 0.3) is 0 Å². The largest absolute Gasteiger partial charge is 0.508 e. The SMILES string of the molecule is NCc1c(O)cccc1C(F)(F)F. The average molecular weight is 191 g/mol. The molecule has 0 radical (unpaired) electrons. The lowest BCUT2D eigenvalue weighted by atomic mass is 10.1. The maximum Gasteiger partial charge on any atom is 0.416 e. The number of phenols is 1. The van der Waals surface area contributed by atoms with Crippen molar-refractivity contribution in [1.82, 2.24) is 0 Å². The lowest BCUT2D eigenvalue weighted by molar-refractivity contribution is -0.138. The van der Waals surface area contributed by atoms with E-state index in [0.29, 0.717) is 0 Å². The second-order valence-electron chi connectivity index (χ2n) is 2.51. The minimum atomic E-state index is -4.46. The standard InChI is InChI=1S/C8H8F3NO/c9-8(10,11)6-2-1-3-7(13)5(6)4-12/h1-3,13H,4,12H2. The predicted octanol–water partition coefficient (Wildman–Crippen LogP) is 1.87. The Morgan fingerprint density at radius 3 is 2.31 bits per heavy atom. The van der Waals surface area contributed by atoms with Gasteiger partial charge in [-0.15, -0.1) is 0 Å². The van der Waals surface area contributed by atoms with Gasteiger partial charge in [0.15, 0.2) is 0 Å². The summed E-state index contributed by atoms with van der Waals surface area (Å²) in [6, 6.07) is 3.21. The summed E-state index contributed by atoms with van der Waals surface area (Å²) in [5.74, 6) is -0.419. The zero-order valence-corrected chi connectivity index (χ0v) is 6.60. The van der Waals surface area contributed by atoms with E-state index in [2.05, 4.69) is 0 Å². The van der Waals surface area contributed by atoms with Crippen LogP contribution in [0.4, 0.5) is 13.2 Å². The Morgan fingerprint density at radius 2 is 1.92 bits per heavy atom. The zero-order valence-electron chi connectivity index (χ0n) is 6.60. The molecule has 5 heteroatoms. The van der Waals surface area contributed by atoms with Crippen LogP contribution in [0, 0.1) is 0 Å². The molecule has 0 spiro atoms. The highest BCUT2D eigenvalue weighted by atomic mass is 19.4. The molecule has 1 aromatic rings. The lowest BCUT2D eigenvalue weighted by Gasteiger charge is -2.12. The highest BCUT2D eigenvalue weighted by Gasteiger charge is 2.33. The smallest absolute Gasteiger partial charge is 0.416 e. The van der Waals surface area contributed by atoms with Crippen LogP contribution in [-0.2, 0) is 12.7 Å². The Bertz CT molecular complexity index is 309. The Balaban J connectivity index is 3.29. The molecule has 0 heterocycles. The third-order valence-electron chi connectivity index (χ3n) is 1.66. The number of nitrogens with two attached hydrogens (primary N) is 1. The first-order valence-corrected chi connectivity index (χ1v) is 3.55. The maximum absolute atomic E-state index is 12.2. The van der Waals surface area contributed by atoms with Gasteiger partial charge in [-0.2, -0.15) is 13.2 Å². The second-order valence-corrected chi connectivity index (χ2v) is 2.51. The number of hydrogen-bond donors (Lipinski definition) is 2. The van der Waals surface area contributed by atoms with E-state index in [1.54, 1.807) is 0 Å². The average Bonchev–Trinajstić information content (AvgIpc) is 2.02. The molecule has 13 heavy (non-hydrogen) atoms. The van der Waals surface area contributed by atoms with Gasteiger partial charge in [-0.1, -0.05) is 6.07 Å². The summed E-state index contributed by atoms with van der Waals surface area (Å²) in [7, 11) is 0. The molecule has 3 N–H and O–H groups in total. The third kappa shape index (κ3) is 1.92. The third-order valence-corrected chi connectivity index (χ3v) is 1.66. The van der Waals surface area contributed by atoms with Crippen molar-refractivity contribution < 1.29 is 18.3 Å². The highest BCUT2D eigenvalue weighted by Crippen LogP contribution is 2.35. The van der Waals surface area contributed by atoms with Crippen molar-refractivity contribution in [3.8, 4) is 5.75 Å². The molecule has 0 aromatic heterocycles. The Morgan fingerprint density at radius 1 is 1.31 bits per heavy atom. The molecule has 0 amide bonds. The van der Waals surface area contributed by atoms with Gasteiger partial charge in [0.2, 0.25) is 0 Å². The fourth-order valence-electron chi connectivity index (χ4n) is 1.05. The number of hydrogen-bond acceptors (Lipinski definition) is 2. The van der Waals surface area contributed by atoms with Gasteiger partial charge in [0.1, 0.15) is 5.75 Å². The van der Waals surface area contributed by atoms with E-state index in [9.17, 15) is 13.2 Å². The quantitative estimate of drug-likeness (QED) is 0.711. The van der Waals surface area contributed by atoms with Gasteiger partial charge in [-0.05, 0) is 12.1 Å².